The van der Waals surface area contributed by atoms with E-state index in [1.807, 2.05) is 35.7 Å². The van der Waals surface area contributed by atoms with Gasteiger partial charge < -0.3 is 23.9 Å². The topological polar surface area (TPSA) is 97.9 Å². The van der Waals surface area contributed by atoms with Gasteiger partial charge in [-0.1, -0.05) is 12.1 Å². The van der Waals surface area contributed by atoms with Crippen molar-refractivity contribution in [2.75, 3.05) is 19.9 Å². The largest absolute Gasteiger partial charge is 0.454 e. The van der Waals surface area contributed by atoms with Crippen LogP contribution >= 0.6 is 11.3 Å². The third-order valence-electron chi connectivity index (χ3n) is 4.50. The summed E-state index contributed by atoms with van der Waals surface area (Å²) in [6.45, 7) is 0.959. The Labute approximate surface area is 171 Å². The zero-order chi connectivity index (χ0) is 20.1. The van der Waals surface area contributed by atoms with Gasteiger partial charge in [0.25, 0.3) is 0 Å². The highest BCUT2D eigenvalue weighted by Gasteiger charge is 2.17. The number of hydrogen-bond donors (Lipinski definition) is 1. The van der Waals surface area contributed by atoms with Crippen LogP contribution in [0.4, 0.5) is 0 Å². The van der Waals surface area contributed by atoms with Crippen molar-refractivity contribution in [2.45, 2.75) is 25.8 Å². The van der Waals surface area contributed by atoms with Gasteiger partial charge >= 0.3 is 0 Å². The number of amides is 1. The maximum absolute atomic E-state index is 12.5. The van der Waals surface area contributed by atoms with E-state index >= 15 is 0 Å². The van der Waals surface area contributed by atoms with Crippen LogP contribution in [-0.4, -0.2) is 46.1 Å². The van der Waals surface area contributed by atoms with E-state index < -0.39 is 0 Å². The lowest BCUT2D eigenvalue weighted by Gasteiger charge is -2.20. The van der Waals surface area contributed by atoms with Gasteiger partial charge in [0, 0.05) is 24.3 Å². The Kier molecular flexibility index (Phi) is 6.06. The molecule has 29 heavy (non-hydrogen) atoms. The Hall–Kier alpha value is -2.91. The molecule has 3 heterocycles. The molecule has 1 aliphatic heterocycles. The summed E-state index contributed by atoms with van der Waals surface area (Å²) in [4.78, 5) is 15.3. The highest BCUT2D eigenvalue weighted by atomic mass is 32.1. The van der Waals surface area contributed by atoms with E-state index in [1.165, 1.54) is 0 Å². The van der Waals surface area contributed by atoms with Gasteiger partial charge in [0.2, 0.25) is 24.5 Å². The lowest BCUT2D eigenvalue weighted by atomic mass is 10.1. The Morgan fingerprint density at radius 1 is 1.17 bits per heavy atom. The number of aromatic nitrogens is 2. The molecule has 4 rings (SSSR count). The minimum absolute atomic E-state index is 0.0528. The first-order chi connectivity index (χ1) is 14.2. The molecule has 8 nitrogen and oxygen atoms in total. The van der Waals surface area contributed by atoms with Crippen LogP contribution < -0.4 is 9.47 Å². The van der Waals surface area contributed by atoms with Crippen LogP contribution in [0, 0.1) is 0 Å². The van der Waals surface area contributed by atoms with Crippen LogP contribution in [0.2, 0.25) is 0 Å². The number of carbonyl (C=O) groups is 1. The molecule has 3 aromatic rings. The van der Waals surface area contributed by atoms with E-state index in [4.69, 9.17) is 13.9 Å². The van der Waals surface area contributed by atoms with Gasteiger partial charge in [-0.05, 0) is 29.1 Å². The molecule has 1 N–H and O–H groups in total. The van der Waals surface area contributed by atoms with Gasteiger partial charge in [-0.25, -0.2) is 0 Å². The number of aliphatic hydroxyl groups excluding tert-OH is 1. The summed E-state index contributed by atoms with van der Waals surface area (Å²) in [6, 6.07) is 9.60. The van der Waals surface area contributed by atoms with Crippen molar-refractivity contribution in [1.29, 1.82) is 0 Å². The van der Waals surface area contributed by atoms with Crippen LogP contribution in [-0.2, 0) is 24.2 Å². The zero-order valence-corrected chi connectivity index (χ0v) is 16.6. The number of ether oxygens (including phenoxy) is 2. The second kappa shape index (κ2) is 9.06. The molecule has 0 atom stereocenters. The molecule has 2 aromatic heterocycles. The summed E-state index contributed by atoms with van der Waals surface area (Å²) in [5, 5.41) is 19.3. The van der Waals surface area contributed by atoms with Gasteiger partial charge in [0.15, 0.2) is 11.5 Å². The van der Waals surface area contributed by atoms with Gasteiger partial charge in [-0.3, -0.25) is 4.79 Å². The van der Waals surface area contributed by atoms with Crippen molar-refractivity contribution in [3.8, 4) is 11.5 Å². The molecule has 0 saturated heterocycles. The molecule has 0 aliphatic carbocycles. The molecule has 0 fully saturated rings. The Balaban J connectivity index is 1.32. The molecule has 9 heteroatoms. The SMILES string of the molecule is O=C(CCc1nnc(Cc2ccc3c(c2)OCO3)o1)N(CCO)Cc1cccs1. The van der Waals surface area contributed by atoms with E-state index in [0.717, 1.165) is 16.2 Å². The fourth-order valence-corrected chi connectivity index (χ4v) is 3.78. The van der Waals surface area contributed by atoms with Crippen LogP contribution in [0.25, 0.3) is 0 Å². The molecule has 1 amide bonds. The van der Waals surface area contributed by atoms with E-state index in [1.54, 1.807) is 16.2 Å². The van der Waals surface area contributed by atoms with Crippen molar-refractivity contribution >= 4 is 17.2 Å². The van der Waals surface area contributed by atoms with Gasteiger partial charge in [-0.15, -0.1) is 21.5 Å². The first-order valence-corrected chi connectivity index (χ1v) is 10.2. The second-order valence-corrected chi connectivity index (χ2v) is 7.60. The molecular weight excluding hydrogens is 394 g/mol. The lowest BCUT2D eigenvalue weighted by molar-refractivity contribution is -0.132. The zero-order valence-electron chi connectivity index (χ0n) is 15.7. The third-order valence-corrected chi connectivity index (χ3v) is 5.36. The number of benzene rings is 1. The average Bonchev–Trinajstić information content (AvgIpc) is 3.47. The molecule has 0 unspecified atom stereocenters. The Bertz CT molecular complexity index is 957. The summed E-state index contributed by atoms with van der Waals surface area (Å²) < 4.78 is 16.4. The minimum atomic E-state index is -0.0721. The highest BCUT2D eigenvalue weighted by Crippen LogP contribution is 2.33. The van der Waals surface area contributed by atoms with Gasteiger partial charge in [-0.2, -0.15) is 0 Å². The number of thiophene rings is 1. The summed E-state index contributed by atoms with van der Waals surface area (Å²) >= 11 is 1.59. The number of nitrogens with zero attached hydrogens (tertiary/aromatic N) is 3. The molecule has 1 aromatic carbocycles. The first kappa shape index (κ1) is 19.4. The monoisotopic (exact) mass is 415 g/mol. The smallest absolute Gasteiger partial charge is 0.231 e. The van der Waals surface area contributed by atoms with Crippen LogP contribution in [0.15, 0.2) is 40.1 Å². The molecule has 0 bridgehead atoms. The predicted octanol–water partition coefficient (Wildman–Crippen LogP) is 2.40. The highest BCUT2D eigenvalue weighted by molar-refractivity contribution is 7.09. The molecule has 152 valence electrons. The summed E-state index contributed by atoms with van der Waals surface area (Å²) in [6.07, 6.45) is 1.09. The van der Waals surface area contributed by atoms with E-state index in [9.17, 15) is 9.90 Å². The molecular formula is C20H21N3O5S. The molecule has 0 spiro atoms. The van der Waals surface area contributed by atoms with Crippen molar-refractivity contribution < 1.29 is 23.8 Å². The van der Waals surface area contributed by atoms with Crippen molar-refractivity contribution in [1.82, 2.24) is 15.1 Å². The van der Waals surface area contributed by atoms with E-state index in [2.05, 4.69) is 10.2 Å². The average molecular weight is 415 g/mol. The van der Waals surface area contributed by atoms with Crippen LogP contribution in [0.3, 0.4) is 0 Å². The maximum Gasteiger partial charge on any atom is 0.231 e. The summed E-state index contributed by atoms with van der Waals surface area (Å²) in [5.74, 6) is 2.30. The fraction of sp³-hybridized carbons (Fsp3) is 0.350. The molecule has 0 saturated carbocycles. The number of rotatable bonds is 9. The van der Waals surface area contributed by atoms with E-state index in [0.29, 0.717) is 43.5 Å². The Morgan fingerprint density at radius 3 is 2.86 bits per heavy atom. The number of fused-ring (bicyclic) bond motifs is 1. The van der Waals surface area contributed by atoms with Crippen molar-refractivity contribution in [3.63, 3.8) is 0 Å². The number of carbonyl (C=O) groups excluding carboxylic acids is 1. The second-order valence-electron chi connectivity index (χ2n) is 6.57. The van der Waals surface area contributed by atoms with Crippen LogP contribution in [0.5, 0.6) is 11.5 Å². The fourth-order valence-electron chi connectivity index (χ4n) is 3.06. The quantitative estimate of drug-likeness (QED) is 0.573. The first-order valence-electron chi connectivity index (χ1n) is 9.32. The molecule has 1 aliphatic rings. The molecule has 0 radical (unpaired) electrons. The summed E-state index contributed by atoms with van der Waals surface area (Å²) in [5.41, 5.74) is 0.977. The van der Waals surface area contributed by atoms with Crippen molar-refractivity contribution in [2.24, 2.45) is 0 Å². The third kappa shape index (κ3) is 4.93. The van der Waals surface area contributed by atoms with E-state index in [-0.39, 0.29) is 25.7 Å². The van der Waals surface area contributed by atoms with Crippen LogP contribution in [0.1, 0.15) is 28.6 Å². The summed E-state index contributed by atoms with van der Waals surface area (Å²) in [7, 11) is 0. The standard InChI is InChI=1S/C20H21N3O5S/c24-8-7-23(12-15-2-1-9-29-15)20(25)6-5-18-21-22-19(28-18)11-14-3-4-16-17(10-14)27-13-26-16/h1-4,9-10,24H,5-8,11-13H2. The number of hydrogen-bond acceptors (Lipinski definition) is 8. The predicted molar refractivity (Wildman–Crippen MR) is 105 cm³/mol. The number of aliphatic hydroxyl groups is 1. The van der Waals surface area contributed by atoms with Gasteiger partial charge in [0.1, 0.15) is 0 Å². The lowest BCUT2D eigenvalue weighted by Crippen LogP contribution is -2.33. The Morgan fingerprint density at radius 2 is 2.03 bits per heavy atom. The maximum atomic E-state index is 12.5. The number of aryl methyl sites for hydroxylation is 1. The normalized spacial score (nSPS) is 12.3. The van der Waals surface area contributed by atoms with Gasteiger partial charge in [0.05, 0.1) is 19.6 Å². The minimum Gasteiger partial charge on any atom is -0.454 e. The van der Waals surface area contributed by atoms with Crippen molar-refractivity contribution in [3.05, 3.63) is 57.9 Å².